The fourth-order valence-electron chi connectivity index (χ4n) is 1.85. The molecule has 0 aliphatic carbocycles. The number of pyridine rings is 1. The van der Waals surface area contributed by atoms with E-state index < -0.39 is 4.92 Å². The Morgan fingerprint density at radius 2 is 2.12 bits per heavy atom. The van der Waals surface area contributed by atoms with Crippen molar-refractivity contribution in [3.05, 3.63) is 50.8 Å². The maximum atomic E-state index is 11.7. The van der Waals surface area contributed by atoms with Crippen LogP contribution in [0.25, 0.3) is 10.9 Å². The fourth-order valence-corrected chi connectivity index (χ4v) is 1.85. The van der Waals surface area contributed by atoms with Crippen molar-refractivity contribution in [3.63, 3.8) is 0 Å². The van der Waals surface area contributed by atoms with E-state index in [2.05, 4.69) is 0 Å². The molecule has 2 aromatic rings. The molecular weight excluding hydrogens is 220 g/mol. The van der Waals surface area contributed by atoms with Crippen molar-refractivity contribution in [3.8, 4) is 0 Å². The Morgan fingerprint density at radius 1 is 1.35 bits per heavy atom. The van der Waals surface area contributed by atoms with E-state index in [-0.39, 0.29) is 11.1 Å². The van der Waals surface area contributed by atoms with Gasteiger partial charge in [0, 0.05) is 30.9 Å². The first-order valence-electron chi connectivity index (χ1n) is 5.41. The summed E-state index contributed by atoms with van der Waals surface area (Å²) in [6, 6.07) is 5.84. The summed E-state index contributed by atoms with van der Waals surface area (Å²) < 4.78 is 1.93. The quantitative estimate of drug-likeness (QED) is 0.602. The number of aromatic nitrogens is 1. The first-order chi connectivity index (χ1) is 8.13. The molecule has 1 aromatic heterocycles. The van der Waals surface area contributed by atoms with E-state index in [1.54, 1.807) is 12.3 Å². The molecule has 88 valence electrons. The van der Waals surface area contributed by atoms with Gasteiger partial charge >= 0.3 is 0 Å². The molecule has 1 aromatic carbocycles. The average Bonchev–Trinajstić information content (AvgIpc) is 2.32. The van der Waals surface area contributed by atoms with Gasteiger partial charge in [-0.25, -0.2) is 0 Å². The summed E-state index contributed by atoms with van der Waals surface area (Å²) in [4.78, 5) is 21.8. The summed E-state index contributed by atoms with van der Waals surface area (Å²) in [5.41, 5.74) is 0.504. The van der Waals surface area contributed by atoms with Gasteiger partial charge in [0.1, 0.15) is 0 Å². The summed E-state index contributed by atoms with van der Waals surface area (Å²) in [5, 5.41) is 11.1. The summed E-state index contributed by atoms with van der Waals surface area (Å²) in [7, 11) is 0. The SMILES string of the molecule is CCCn1ccc(=O)c2cc([N+](=O)[O-])ccc21. The van der Waals surface area contributed by atoms with Crippen LogP contribution in [0.3, 0.4) is 0 Å². The minimum absolute atomic E-state index is 0.0520. The van der Waals surface area contributed by atoms with Crippen LogP contribution < -0.4 is 5.43 Å². The lowest BCUT2D eigenvalue weighted by molar-refractivity contribution is -0.384. The lowest BCUT2D eigenvalue weighted by Gasteiger charge is -2.08. The van der Waals surface area contributed by atoms with Gasteiger partial charge < -0.3 is 4.57 Å². The number of aryl methyl sites for hydroxylation is 1. The second kappa shape index (κ2) is 4.37. The smallest absolute Gasteiger partial charge is 0.270 e. The summed E-state index contributed by atoms with van der Waals surface area (Å²) in [6.07, 6.45) is 2.66. The van der Waals surface area contributed by atoms with Gasteiger partial charge in [0.25, 0.3) is 5.69 Å². The van der Waals surface area contributed by atoms with Crippen LogP contribution in [-0.4, -0.2) is 9.49 Å². The molecule has 1 heterocycles. The molecule has 0 atom stereocenters. The number of rotatable bonds is 3. The molecular formula is C12H12N2O3. The monoisotopic (exact) mass is 232 g/mol. The third-order valence-corrected chi connectivity index (χ3v) is 2.64. The molecule has 0 aliphatic rings. The van der Waals surface area contributed by atoms with Gasteiger partial charge in [-0.1, -0.05) is 6.92 Å². The second-order valence-electron chi connectivity index (χ2n) is 3.83. The van der Waals surface area contributed by atoms with Gasteiger partial charge in [-0.05, 0) is 12.5 Å². The van der Waals surface area contributed by atoms with E-state index in [9.17, 15) is 14.9 Å². The van der Waals surface area contributed by atoms with E-state index >= 15 is 0 Å². The standard InChI is InChI=1S/C12H12N2O3/c1-2-6-13-7-5-12(15)10-8-9(14(16)17)3-4-11(10)13/h3-5,7-8H,2,6H2,1H3. The molecule has 17 heavy (non-hydrogen) atoms. The zero-order chi connectivity index (χ0) is 12.4. The third kappa shape index (κ3) is 2.04. The van der Waals surface area contributed by atoms with Crippen LogP contribution in [-0.2, 0) is 6.54 Å². The number of nitro groups is 1. The van der Waals surface area contributed by atoms with Gasteiger partial charge in [0.05, 0.1) is 15.8 Å². The Morgan fingerprint density at radius 3 is 2.76 bits per heavy atom. The predicted octanol–water partition coefficient (Wildman–Crippen LogP) is 2.32. The van der Waals surface area contributed by atoms with Gasteiger partial charge in [-0.3, -0.25) is 14.9 Å². The number of benzene rings is 1. The molecule has 0 saturated heterocycles. The number of hydrogen-bond donors (Lipinski definition) is 0. The van der Waals surface area contributed by atoms with Crippen LogP contribution in [0, 0.1) is 10.1 Å². The fraction of sp³-hybridized carbons (Fsp3) is 0.250. The summed E-state index contributed by atoms with van der Waals surface area (Å²) >= 11 is 0. The number of nitrogens with zero attached hydrogens (tertiary/aromatic N) is 2. The van der Waals surface area contributed by atoms with Gasteiger partial charge in [-0.2, -0.15) is 0 Å². The Hall–Kier alpha value is -2.17. The number of nitro benzene ring substituents is 1. The molecule has 0 aliphatic heterocycles. The van der Waals surface area contributed by atoms with Crippen molar-refractivity contribution in [2.24, 2.45) is 0 Å². The van der Waals surface area contributed by atoms with Crippen molar-refractivity contribution in [2.75, 3.05) is 0 Å². The first-order valence-corrected chi connectivity index (χ1v) is 5.41. The topological polar surface area (TPSA) is 65.1 Å². The summed E-state index contributed by atoms with van der Waals surface area (Å²) in [5.74, 6) is 0. The van der Waals surface area contributed by atoms with Crippen LogP contribution in [0.15, 0.2) is 35.3 Å². The molecule has 5 heteroatoms. The lowest BCUT2D eigenvalue weighted by Crippen LogP contribution is -2.08. The van der Waals surface area contributed by atoms with Gasteiger partial charge in [0.2, 0.25) is 0 Å². The van der Waals surface area contributed by atoms with Crippen LogP contribution >= 0.6 is 0 Å². The Balaban J connectivity index is 2.73. The van der Waals surface area contributed by atoms with E-state index in [0.29, 0.717) is 5.39 Å². The molecule has 5 nitrogen and oxygen atoms in total. The van der Waals surface area contributed by atoms with Crippen LogP contribution in [0.2, 0.25) is 0 Å². The predicted molar refractivity (Wildman–Crippen MR) is 65.2 cm³/mol. The highest BCUT2D eigenvalue weighted by molar-refractivity contribution is 5.81. The van der Waals surface area contributed by atoms with Crippen molar-refractivity contribution in [1.29, 1.82) is 0 Å². The highest BCUT2D eigenvalue weighted by Gasteiger charge is 2.09. The molecule has 0 spiro atoms. The molecule has 0 saturated carbocycles. The maximum absolute atomic E-state index is 11.7. The third-order valence-electron chi connectivity index (χ3n) is 2.64. The zero-order valence-corrected chi connectivity index (χ0v) is 9.42. The Kier molecular flexibility index (Phi) is 2.91. The largest absolute Gasteiger partial charge is 0.347 e. The molecule has 0 amide bonds. The van der Waals surface area contributed by atoms with E-state index in [0.717, 1.165) is 18.5 Å². The van der Waals surface area contributed by atoms with E-state index in [1.165, 1.54) is 18.2 Å². The van der Waals surface area contributed by atoms with Crippen LogP contribution in [0.4, 0.5) is 5.69 Å². The van der Waals surface area contributed by atoms with Crippen molar-refractivity contribution in [2.45, 2.75) is 19.9 Å². The lowest BCUT2D eigenvalue weighted by atomic mass is 10.2. The average molecular weight is 232 g/mol. The Labute approximate surface area is 97.5 Å². The maximum Gasteiger partial charge on any atom is 0.270 e. The van der Waals surface area contributed by atoms with Crippen LogP contribution in [0.5, 0.6) is 0 Å². The normalized spacial score (nSPS) is 10.6. The number of fused-ring (bicyclic) bond motifs is 1. The highest BCUT2D eigenvalue weighted by Crippen LogP contribution is 2.18. The highest BCUT2D eigenvalue weighted by atomic mass is 16.6. The van der Waals surface area contributed by atoms with Gasteiger partial charge in [0.15, 0.2) is 5.43 Å². The van der Waals surface area contributed by atoms with Crippen molar-refractivity contribution >= 4 is 16.6 Å². The van der Waals surface area contributed by atoms with E-state index in [4.69, 9.17) is 0 Å². The number of non-ortho nitro benzene ring substituents is 1. The minimum atomic E-state index is -0.490. The zero-order valence-electron chi connectivity index (χ0n) is 9.42. The van der Waals surface area contributed by atoms with Crippen molar-refractivity contribution < 1.29 is 4.92 Å². The second-order valence-corrected chi connectivity index (χ2v) is 3.83. The number of hydrogen-bond acceptors (Lipinski definition) is 3. The molecule has 0 unspecified atom stereocenters. The molecule has 0 N–H and O–H groups in total. The minimum Gasteiger partial charge on any atom is -0.347 e. The molecule has 0 fully saturated rings. The van der Waals surface area contributed by atoms with E-state index in [1.807, 2.05) is 11.5 Å². The molecule has 0 radical (unpaired) electrons. The Bertz CT molecular complexity index is 631. The molecule has 2 rings (SSSR count). The first kappa shape index (κ1) is 11.3. The molecule has 0 bridgehead atoms. The van der Waals surface area contributed by atoms with Gasteiger partial charge in [-0.15, -0.1) is 0 Å². The van der Waals surface area contributed by atoms with Crippen molar-refractivity contribution in [1.82, 2.24) is 4.57 Å². The summed E-state index contributed by atoms with van der Waals surface area (Å²) in [6.45, 7) is 2.82. The van der Waals surface area contributed by atoms with Crippen LogP contribution in [0.1, 0.15) is 13.3 Å².